The lowest BCUT2D eigenvalue weighted by atomic mass is 9.45. The highest BCUT2D eigenvalue weighted by molar-refractivity contribution is 5.91. The van der Waals surface area contributed by atoms with E-state index in [1.165, 1.54) is 6.92 Å². The second-order valence-corrected chi connectivity index (χ2v) is 10.6. The lowest BCUT2D eigenvalue weighted by molar-refractivity contribution is -0.181. The fourth-order valence-electron chi connectivity index (χ4n) is 7.65. The molecule has 2 N–H and O–H groups in total. The molecule has 0 radical (unpaired) electrons. The largest absolute Gasteiger partial charge is 0.501 e. The number of ether oxygens (including phenoxy) is 2. The van der Waals surface area contributed by atoms with Crippen molar-refractivity contribution in [3.63, 3.8) is 0 Å². The SMILES string of the molecule is COC1=CC2=C(C=O)C[C@@H]3[C@H]([C@@H](O)C[C@@]4(C)[C@H]3CC[C@]4(O)C(=O)COC(C)=O)[C@@]2(C)CC1. The number of aliphatic hydroxyl groups is 2. The van der Waals surface area contributed by atoms with Crippen molar-refractivity contribution in [2.75, 3.05) is 13.7 Å². The molecule has 2 fully saturated rings. The zero-order valence-corrected chi connectivity index (χ0v) is 19.3. The first-order valence-electron chi connectivity index (χ1n) is 11.5. The average Bonchev–Trinajstić information content (AvgIpc) is 3.02. The van der Waals surface area contributed by atoms with Gasteiger partial charge in [-0.2, -0.15) is 0 Å². The van der Waals surface area contributed by atoms with E-state index >= 15 is 0 Å². The summed E-state index contributed by atoms with van der Waals surface area (Å²) in [5.41, 5.74) is -1.21. The summed E-state index contributed by atoms with van der Waals surface area (Å²) in [6.07, 6.45) is 5.38. The van der Waals surface area contributed by atoms with Crippen LogP contribution in [0.4, 0.5) is 0 Å². The lowest BCUT2D eigenvalue weighted by Crippen LogP contribution is -2.62. The summed E-state index contributed by atoms with van der Waals surface area (Å²) in [6.45, 7) is 4.77. The lowest BCUT2D eigenvalue weighted by Gasteiger charge is -2.60. The number of carbonyl (C=O) groups is 3. The van der Waals surface area contributed by atoms with Crippen LogP contribution in [0.25, 0.3) is 0 Å². The molecular formula is C25H34O7. The van der Waals surface area contributed by atoms with Gasteiger partial charge in [0.15, 0.2) is 6.61 Å². The molecule has 176 valence electrons. The van der Waals surface area contributed by atoms with Gasteiger partial charge in [0, 0.05) is 18.8 Å². The zero-order valence-electron chi connectivity index (χ0n) is 19.3. The minimum Gasteiger partial charge on any atom is -0.501 e. The van der Waals surface area contributed by atoms with Gasteiger partial charge in [0.2, 0.25) is 5.78 Å². The van der Waals surface area contributed by atoms with Gasteiger partial charge in [-0.1, -0.05) is 13.8 Å². The monoisotopic (exact) mass is 446 g/mol. The molecule has 7 heteroatoms. The first-order chi connectivity index (χ1) is 15.0. The maximum absolute atomic E-state index is 13.0. The summed E-state index contributed by atoms with van der Waals surface area (Å²) in [5.74, 6) is -0.354. The third kappa shape index (κ3) is 3.11. The second kappa shape index (κ2) is 7.80. The Hall–Kier alpha value is -1.99. The molecule has 7 nitrogen and oxygen atoms in total. The van der Waals surface area contributed by atoms with Crippen molar-refractivity contribution < 1.29 is 34.1 Å². The van der Waals surface area contributed by atoms with Crippen LogP contribution in [0.3, 0.4) is 0 Å². The molecule has 32 heavy (non-hydrogen) atoms. The smallest absolute Gasteiger partial charge is 0.303 e. The summed E-state index contributed by atoms with van der Waals surface area (Å²) >= 11 is 0. The third-order valence-electron chi connectivity index (χ3n) is 9.23. The van der Waals surface area contributed by atoms with Crippen LogP contribution in [0, 0.1) is 28.6 Å². The molecular weight excluding hydrogens is 412 g/mol. The van der Waals surface area contributed by atoms with E-state index in [1.807, 2.05) is 13.0 Å². The topological polar surface area (TPSA) is 110 Å². The van der Waals surface area contributed by atoms with Gasteiger partial charge in [-0.15, -0.1) is 0 Å². The highest BCUT2D eigenvalue weighted by atomic mass is 16.5. The van der Waals surface area contributed by atoms with Crippen molar-refractivity contribution in [3.05, 3.63) is 23.0 Å². The van der Waals surface area contributed by atoms with E-state index in [0.29, 0.717) is 19.3 Å². The Labute approximate surface area is 188 Å². The van der Waals surface area contributed by atoms with Crippen LogP contribution in [-0.2, 0) is 23.9 Å². The Morgan fingerprint density at radius 2 is 2.00 bits per heavy atom. The molecule has 0 aliphatic heterocycles. The van der Waals surface area contributed by atoms with Crippen molar-refractivity contribution >= 4 is 18.0 Å². The van der Waals surface area contributed by atoms with Crippen LogP contribution >= 0.6 is 0 Å². The third-order valence-corrected chi connectivity index (χ3v) is 9.23. The van der Waals surface area contributed by atoms with Gasteiger partial charge in [-0.05, 0) is 72.5 Å². The number of esters is 1. The van der Waals surface area contributed by atoms with Crippen LogP contribution < -0.4 is 0 Å². The number of carbonyl (C=O) groups excluding carboxylic acids is 3. The number of aliphatic hydroxyl groups excluding tert-OH is 1. The Morgan fingerprint density at radius 1 is 1.28 bits per heavy atom. The maximum Gasteiger partial charge on any atom is 0.303 e. The van der Waals surface area contributed by atoms with Crippen LogP contribution in [0.5, 0.6) is 0 Å². The average molecular weight is 447 g/mol. The van der Waals surface area contributed by atoms with E-state index in [4.69, 9.17) is 9.47 Å². The van der Waals surface area contributed by atoms with Gasteiger partial charge >= 0.3 is 5.97 Å². The molecule has 2 saturated carbocycles. The Bertz CT molecular complexity index is 904. The van der Waals surface area contributed by atoms with Gasteiger partial charge in [-0.25, -0.2) is 0 Å². The minimum atomic E-state index is -1.67. The number of ketones is 1. The highest BCUT2D eigenvalue weighted by Crippen LogP contribution is 2.67. The van der Waals surface area contributed by atoms with E-state index in [1.54, 1.807) is 7.11 Å². The van der Waals surface area contributed by atoms with Gasteiger partial charge < -0.3 is 19.7 Å². The maximum atomic E-state index is 13.0. The first-order valence-corrected chi connectivity index (χ1v) is 11.5. The molecule has 0 saturated heterocycles. The van der Waals surface area contributed by atoms with Crippen LogP contribution in [0.15, 0.2) is 23.0 Å². The quantitative estimate of drug-likeness (QED) is 0.493. The Morgan fingerprint density at radius 3 is 2.62 bits per heavy atom. The number of fused-ring (bicyclic) bond motifs is 5. The predicted octanol–water partition coefficient (Wildman–Crippen LogP) is 2.49. The molecule has 0 amide bonds. The normalized spacial score (nSPS) is 42.9. The van der Waals surface area contributed by atoms with Crippen molar-refractivity contribution in [2.24, 2.45) is 28.6 Å². The second-order valence-electron chi connectivity index (χ2n) is 10.6. The number of rotatable bonds is 5. The fourth-order valence-corrected chi connectivity index (χ4v) is 7.65. The number of aldehydes is 1. The number of Topliss-reactive ketones (excluding diaryl/α,β-unsaturated/α-hetero) is 1. The molecule has 0 heterocycles. The number of methoxy groups -OCH3 is 1. The molecule has 7 atom stereocenters. The number of allylic oxidation sites excluding steroid dienone is 4. The van der Waals surface area contributed by atoms with E-state index in [0.717, 1.165) is 36.0 Å². The molecule has 0 aromatic carbocycles. The standard InChI is InChI=1S/C25H34O7/c1-14(27)32-13-21(29)25(30)8-6-18-17-9-15(12-26)19-10-16(31-4)5-7-23(19,2)22(17)20(28)11-24(18,25)3/h10,12,17-18,20,22,28,30H,5-9,11,13H2,1-4H3/t17-,18-,20-,22+,23-,24-,25-/m0/s1. The number of hydrogen-bond donors (Lipinski definition) is 2. The summed E-state index contributed by atoms with van der Waals surface area (Å²) < 4.78 is 10.4. The summed E-state index contributed by atoms with van der Waals surface area (Å²) in [7, 11) is 1.63. The zero-order chi connectivity index (χ0) is 23.5. The summed E-state index contributed by atoms with van der Waals surface area (Å²) in [6, 6.07) is 0. The van der Waals surface area contributed by atoms with Crippen LogP contribution in [0.2, 0.25) is 0 Å². The first kappa shape index (κ1) is 23.2. The minimum absolute atomic E-state index is 0.0225. The molecule has 0 unspecified atom stereocenters. The van der Waals surface area contributed by atoms with Crippen molar-refractivity contribution in [1.29, 1.82) is 0 Å². The molecule has 0 aromatic heterocycles. The summed E-state index contributed by atoms with van der Waals surface area (Å²) in [5, 5.41) is 23.0. The number of hydrogen-bond acceptors (Lipinski definition) is 7. The molecule has 0 aromatic rings. The Balaban J connectivity index is 1.73. The van der Waals surface area contributed by atoms with Gasteiger partial charge in [0.25, 0.3) is 0 Å². The molecule has 0 bridgehead atoms. The molecule has 4 aliphatic rings. The van der Waals surface area contributed by atoms with Gasteiger partial charge in [0.1, 0.15) is 11.9 Å². The highest BCUT2D eigenvalue weighted by Gasteiger charge is 2.68. The van der Waals surface area contributed by atoms with Crippen molar-refractivity contribution in [1.82, 2.24) is 0 Å². The van der Waals surface area contributed by atoms with E-state index in [2.05, 4.69) is 6.92 Å². The van der Waals surface area contributed by atoms with Crippen LogP contribution in [-0.4, -0.2) is 53.7 Å². The predicted molar refractivity (Wildman–Crippen MR) is 115 cm³/mol. The van der Waals surface area contributed by atoms with Crippen molar-refractivity contribution in [2.45, 2.75) is 71.0 Å². The Kier molecular flexibility index (Phi) is 5.65. The van der Waals surface area contributed by atoms with Crippen molar-refractivity contribution in [3.8, 4) is 0 Å². The van der Waals surface area contributed by atoms with E-state index in [9.17, 15) is 24.6 Å². The van der Waals surface area contributed by atoms with E-state index < -0.39 is 35.5 Å². The van der Waals surface area contributed by atoms with Crippen LogP contribution in [0.1, 0.15) is 59.3 Å². The summed E-state index contributed by atoms with van der Waals surface area (Å²) in [4.78, 5) is 36.3. The molecule has 0 spiro atoms. The molecule has 4 rings (SSSR count). The fraction of sp³-hybridized carbons (Fsp3) is 0.720. The molecule has 4 aliphatic carbocycles. The van der Waals surface area contributed by atoms with Gasteiger partial charge in [0.05, 0.1) is 19.0 Å². The van der Waals surface area contributed by atoms with E-state index in [-0.39, 0.29) is 29.6 Å². The van der Waals surface area contributed by atoms with Gasteiger partial charge in [-0.3, -0.25) is 14.4 Å².